The van der Waals surface area contributed by atoms with Crippen LogP contribution < -0.4 is 0 Å². The zero-order valence-electron chi connectivity index (χ0n) is 6.19. The highest BCUT2D eigenvalue weighted by molar-refractivity contribution is 6.01. The Morgan fingerprint density at radius 1 is 1.25 bits per heavy atom. The maximum atomic E-state index is 10.6. The lowest BCUT2D eigenvalue weighted by molar-refractivity contribution is -0.188. The van der Waals surface area contributed by atoms with Gasteiger partial charge in [-0.25, -0.2) is 0 Å². The fraction of sp³-hybridized carbons (Fsp3) is 0.333. The van der Waals surface area contributed by atoms with Crippen molar-refractivity contribution in [2.45, 2.75) is 12.8 Å². The SMILES string of the molecule is C=O.O=CON1C(=O)CCC1=O. The summed E-state index contributed by atoms with van der Waals surface area (Å²) in [6.45, 7) is 2.06. The molecule has 12 heavy (non-hydrogen) atoms. The van der Waals surface area contributed by atoms with E-state index in [0.717, 1.165) is 0 Å². The number of amides is 2. The van der Waals surface area contributed by atoms with E-state index in [1.807, 2.05) is 6.79 Å². The fourth-order valence-corrected chi connectivity index (χ4v) is 0.717. The van der Waals surface area contributed by atoms with Crippen molar-refractivity contribution in [3.8, 4) is 0 Å². The molecule has 0 aromatic heterocycles. The van der Waals surface area contributed by atoms with Gasteiger partial charge in [0.1, 0.15) is 6.79 Å². The molecule has 0 saturated carbocycles. The summed E-state index contributed by atoms with van der Waals surface area (Å²) in [6.07, 6.45) is 0.263. The minimum absolute atomic E-state index is 0.0567. The number of nitrogens with zero attached hydrogens (tertiary/aromatic N) is 1. The summed E-state index contributed by atoms with van der Waals surface area (Å²) < 4.78 is 0. The van der Waals surface area contributed by atoms with Gasteiger partial charge in [-0.15, -0.1) is 5.06 Å². The minimum Gasteiger partial charge on any atom is -0.334 e. The summed E-state index contributed by atoms with van der Waals surface area (Å²) in [7, 11) is 0. The molecule has 0 bridgehead atoms. The second kappa shape index (κ2) is 5.00. The normalized spacial score (nSPS) is 15.2. The summed E-state index contributed by atoms with van der Waals surface area (Å²) in [5.74, 6) is -0.922. The van der Waals surface area contributed by atoms with E-state index in [1.165, 1.54) is 0 Å². The number of hydrogen-bond donors (Lipinski definition) is 0. The minimum atomic E-state index is -0.461. The van der Waals surface area contributed by atoms with E-state index in [-0.39, 0.29) is 19.3 Å². The summed E-state index contributed by atoms with van der Waals surface area (Å²) >= 11 is 0. The van der Waals surface area contributed by atoms with Crippen LogP contribution in [0.4, 0.5) is 0 Å². The van der Waals surface area contributed by atoms with Crippen molar-refractivity contribution < 1.29 is 24.0 Å². The van der Waals surface area contributed by atoms with Gasteiger partial charge in [-0.1, -0.05) is 0 Å². The Bertz CT molecular complexity index is 186. The molecule has 1 rings (SSSR count). The van der Waals surface area contributed by atoms with Crippen LogP contribution in [0.5, 0.6) is 0 Å². The predicted molar refractivity (Wildman–Crippen MR) is 35.4 cm³/mol. The van der Waals surface area contributed by atoms with Crippen LogP contribution >= 0.6 is 0 Å². The molecule has 1 saturated heterocycles. The van der Waals surface area contributed by atoms with Gasteiger partial charge in [0.15, 0.2) is 0 Å². The summed E-state index contributed by atoms with van der Waals surface area (Å²) in [5.41, 5.74) is 0. The molecule has 1 heterocycles. The Balaban J connectivity index is 0.000000561. The molecule has 2 amide bonds. The maximum Gasteiger partial charge on any atom is 0.321 e. The van der Waals surface area contributed by atoms with E-state index in [0.29, 0.717) is 5.06 Å². The van der Waals surface area contributed by atoms with Crippen molar-refractivity contribution in [1.29, 1.82) is 0 Å². The van der Waals surface area contributed by atoms with Crippen molar-refractivity contribution in [2.24, 2.45) is 0 Å². The lowest BCUT2D eigenvalue weighted by Gasteiger charge is -2.06. The summed E-state index contributed by atoms with van der Waals surface area (Å²) in [4.78, 5) is 43.0. The Morgan fingerprint density at radius 2 is 1.67 bits per heavy atom. The second-order valence-electron chi connectivity index (χ2n) is 1.78. The van der Waals surface area contributed by atoms with Crippen LogP contribution in [0, 0.1) is 0 Å². The van der Waals surface area contributed by atoms with Crippen LogP contribution in [0.15, 0.2) is 0 Å². The van der Waals surface area contributed by atoms with Gasteiger partial charge < -0.3 is 9.63 Å². The van der Waals surface area contributed by atoms with Gasteiger partial charge in [0.25, 0.3) is 11.8 Å². The summed E-state index contributed by atoms with van der Waals surface area (Å²) in [5, 5.41) is 0.479. The highest BCUT2D eigenvalue weighted by Crippen LogP contribution is 2.10. The first-order valence-electron chi connectivity index (χ1n) is 3.01. The zero-order valence-corrected chi connectivity index (χ0v) is 6.19. The van der Waals surface area contributed by atoms with E-state index in [9.17, 15) is 14.4 Å². The molecular formula is C6H7NO5. The van der Waals surface area contributed by atoms with Gasteiger partial charge in [-0.3, -0.25) is 14.4 Å². The highest BCUT2D eigenvalue weighted by Gasteiger charge is 2.30. The summed E-state index contributed by atoms with van der Waals surface area (Å²) in [6, 6.07) is 0. The molecule has 6 nitrogen and oxygen atoms in total. The van der Waals surface area contributed by atoms with Crippen LogP contribution in [0.2, 0.25) is 0 Å². The second-order valence-corrected chi connectivity index (χ2v) is 1.78. The molecule has 0 aliphatic carbocycles. The Labute approximate surface area is 68.0 Å². The average molecular weight is 173 g/mol. The van der Waals surface area contributed by atoms with Crippen molar-refractivity contribution in [1.82, 2.24) is 5.06 Å². The zero-order chi connectivity index (χ0) is 9.56. The number of rotatable bonds is 2. The first-order chi connectivity index (χ1) is 5.75. The van der Waals surface area contributed by atoms with E-state index < -0.39 is 11.8 Å². The fourth-order valence-electron chi connectivity index (χ4n) is 0.717. The van der Waals surface area contributed by atoms with Gasteiger partial charge in [0.05, 0.1) is 0 Å². The molecule has 1 aliphatic heterocycles. The van der Waals surface area contributed by atoms with Crippen molar-refractivity contribution in [3.05, 3.63) is 0 Å². The molecule has 0 N–H and O–H groups in total. The molecule has 1 fully saturated rings. The highest BCUT2D eigenvalue weighted by atomic mass is 16.7. The molecule has 66 valence electrons. The van der Waals surface area contributed by atoms with Crippen molar-refractivity contribution >= 4 is 25.1 Å². The monoisotopic (exact) mass is 173 g/mol. The van der Waals surface area contributed by atoms with E-state index in [1.54, 1.807) is 0 Å². The molecule has 0 radical (unpaired) electrons. The van der Waals surface area contributed by atoms with Crippen molar-refractivity contribution in [3.63, 3.8) is 0 Å². The lowest BCUT2D eigenvalue weighted by Crippen LogP contribution is -2.28. The van der Waals surface area contributed by atoms with Crippen LogP contribution in [0.3, 0.4) is 0 Å². The Kier molecular flexibility index (Phi) is 4.28. The number of carbonyl (C=O) groups excluding carboxylic acids is 4. The molecule has 1 aliphatic rings. The van der Waals surface area contributed by atoms with Crippen molar-refractivity contribution in [2.75, 3.05) is 0 Å². The molecule has 0 spiro atoms. The third-order valence-corrected chi connectivity index (χ3v) is 1.15. The first kappa shape index (κ1) is 10.3. The molecular weight excluding hydrogens is 166 g/mol. The smallest absolute Gasteiger partial charge is 0.321 e. The Morgan fingerprint density at radius 3 is 2.00 bits per heavy atom. The maximum absolute atomic E-state index is 10.6. The standard InChI is InChI=1S/C5H5NO4.CH2O/c7-3-10-6-4(8)1-2-5(6)9;1-2/h3H,1-2H2;1H2. The number of imide groups is 1. The van der Waals surface area contributed by atoms with Gasteiger partial charge >= 0.3 is 6.47 Å². The largest absolute Gasteiger partial charge is 0.334 e. The molecule has 0 aromatic rings. The van der Waals surface area contributed by atoms with E-state index >= 15 is 0 Å². The third kappa shape index (κ3) is 2.15. The Hall–Kier alpha value is -1.72. The third-order valence-electron chi connectivity index (χ3n) is 1.15. The first-order valence-corrected chi connectivity index (χ1v) is 3.01. The number of hydrogen-bond acceptors (Lipinski definition) is 5. The molecule has 0 atom stereocenters. The van der Waals surface area contributed by atoms with Crippen LogP contribution in [0.25, 0.3) is 0 Å². The number of carbonyl (C=O) groups is 4. The average Bonchev–Trinajstić information content (AvgIpc) is 2.40. The van der Waals surface area contributed by atoms with E-state index in [2.05, 4.69) is 4.84 Å². The van der Waals surface area contributed by atoms with Crippen LogP contribution in [-0.2, 0) is 24.0 Å². The van der Waals surface area contributed by atoms with Gasteiger partial charge in [-0.2, -0.15) is 0 Å². The predicted octanol–water partition coefficient (Wildman–Crippen LogP) is -0.962. The van der Waals surface area contributed by atoms with Gasteiger partial charge in [0, 0.05) is 12.8 Å². The lowest BCUT2D eigenvalue weighted by atomic mass is 10.4. The van der Waals surface area contributed by atoms with E-state index in [4.69, 9.17) is 4.79 Å². The number of hydroxylamine groups is 2. The van der Waals surface area contributed by atoms with Crippen LogP contribution in [0.1, 0.15) is 12.8 Å². The van der Waals surface area contributed by atoms with Gasteiger partial charge in [-0.05, 0) is 0 Å². The quantitative estimate of drug-likeness (QED) is 0.396. The topological polar surface area (TPSA) is 80.8 Å². The molecule has 6 heteroatoms. The molecule has 0 aromatic carbocycles. The van der Waals surface area contributed by atoms with Crippen LogP contribution in [-0.4, -0.2) is 30.1 Å². The van der Waals surface area contributed by atoms with Gasteiger partial charge in [0.2, 0.25) is 0 Å². The molecule has 0 unspecified atom stereocenters.